The number of hydrogen-bond donors (Lipinski definition) is 1. The van der Waals surface area contributed by atoms with Crippen molar-refractivity contribution in [1.29, 1.82) is 0 Å². The van der Waals surface area contributed by atoms with Crippen molar-refractivity contribution in [2.24, 2.45) is 0 Å². The fourth-order valence-electron chi connectivity index (χ4n) is 2.74. The van der Waals surface area contributed by atoms with Crippen molar-refractivity contribution in [3.8, 4) is 0 Å². The molecular weight excluding hydrogens is 312 g/mol. The van der Waals surface area contributed by atoms with Gasteiger partial charge in [0, 0.05) is 24.7 Å². The van der Waals surface area contributed by atoms with Crippen molar-refractivity contribution in [2.45, 2.75) is 52.2 Å². The molecule has 2 rings (SSSR count). The maximum absolute atomic E-state index is 11.5. The Labute approximate surface area is 144 Å². The molecule has 0 radical (unpaired) electrons. The average Bonchev–Trinajstić information content (AvgIpc) is 2.44. The number of hydrogen-bond acceptors (Lipinski definition) is 3. The molecular formula is C18H27ClN2O2. The van der Waals surface area contributed by atoms with Crippen LogP contribution in [0, 0.1) is 0 Å². The highest BCUT2D eigenvalue weighted by Crippen LogP contribution is 2.22. The minimum Gasteiger partial charge on any atom is -0.444 e. The summed E-state index contributed by atoms with van der Waals surface area (Å²) in [6.45, 7) is 9.36. The number of rotatable bonds is 5. The molecule has 4 nitrogen and oxygen atoms in total. The number of carbonyl (C=O) groups is 1. The minimum absolute atomic E-state index is 0.334. The van der Waals surface area contributed by atoms with Gasteiger partial charge in [0.25, 0.3) is 0 Å². The van der Waals surface area contributed by atoms with Gasteiger partial charge in [0.2, 0.25) is 0 Å². The van der Waals surface area contributed by atoms with Crippen molar-refractivity contribution in [2.75, 3.05) is 19.6 Å². The van der Waals surface area contributed by atoms with Crippen LogP contribution in [-0.4, -0.2) is 36.2 Å². The van der Waals surface area contributed by atoms with Gasteiger partial charge in [-0.05, 0) is 69.8 Å². The van der Waals surface area contributed by atoms with Crippen molar-refractivity contribution >= 4 is 17.7 Å². The van der Waals surface area contributed by atoms with Crippen LogP contribution in [0.25, 0.3) is 0 Å². The zero-order valence-corrected chi connectivity index (χ0v) is 15.1. The van der Waals surface area contributed by atoms with Gasteiger partial charge in [-0.15, -0.1) is 0 Å². The molecule has 5 heteroatoms. The zero-order valence-electron chi connectivity index (χ0n) is 14.3. The van der Waals surface area contributed by atoms with Gasteiger partial charge in [-0.1, -0.05) is 17.7 Å². The number of halogens is 1. The number of unbranched alkanes of at least 4 members (excludes halogenated alkanes) is 1. The third-order valence-corrected chi connectivity index (χ3v) is 4.06. The fraction of sp³-hybridized carbons (Fsp3) is 0.611. The van der Waals surface area contributed by atoms with Crippen LogP contribution in [0.5, 0.6) is 0 Å². The maximum Gasteiger partial charge on any atom is 0.407 e. The normalized spacial score (nSPS) is 15.1. The van der Waals surface area contributed by atoms with Crippen LogP contribution in [0.15, 0.2) is 18.2 Å². The molecule has 1 amide bonds. The first-order valence-electron chi connectivity index (χ1n) is 8.30. The lowest BCUT2D eigenvalue weighted by molar-refractivity contribution is 0.0526. The number of alkyl carbamates (subject to hydrolysis) is 1. The number of nitrogens with zero attached hydrogens (tertiary/aromatic N) is 1. The third kappa shape index (κ3) is 6.40. The van der Waals surface area contributed by atoms with Crippen LogP contribution in [0.4, 0.5) is 4.79 Å². The van der Waals surface area contributed by atoms with Gasteiger partial charge in [0.15, 0.2) is 0 Å². The van der Waals surface area contributed by atoms with Crippen LogP contribution in [0.3, 0.4) is 0 Å². The highest BCUT2D eigenvalue weighted by atomic mass is 35.5. The second-order valence-corrected chi connectivity index (χ2v) is 7.51. The van der Waals surface area contributed by atoms with Gasteiger partial charge in [0.05, 0.1) is 0 Å². The molecule has 0 spiro atoms. The Hall–Kier alpha value is -1.26. The molecule has 0 bridgehead atoms. The first kappa shape index (κ1) is 18.1. The van der Waals surface area contributed by atoms with Gasteiger partial charge in [-0.3, -0.25) is 4.90 Å². The molecule has 23 heavy (non-hydrogen) atoms. The Bertz CT molecular complexity index is 540. The van der Waals surface area contributed by atoms with Crippen molar-refractivity contribution in [3.05, 3.63) is 34.3 Å². The molecule has 0 saturated heterocycles. The lowest BCUT2D eigenvalue weighted by atomic mass is 10.00. The Kier molecular flexibility index (Phi) is 6.31. The molecule has 0 aliphatic carbocycles. The van der Waals surface area contributed by atoms with Crippen molar-refractivity contribution in [1.82, 2.24) is 10.2 Å². The SMILES string of the molecule is CC(C)(C)OC(=O)NCCCCN1CCc2ccc(Cl)cc2C1. The summed E-state index contributed by atoms with van der Waals surface area (Å²) >= 11 is 6.07. The highest BCUT2D eigenvalue weighted by molar-refractivity contribution is 6.30. The maximum atomic E-state index is 11.5. The lowest BCUT2D eigenvalue weighted by Crippen LogP contribution is -2.34. The van der Waals surface area contributed by atoms with E-state index in [-0.39, 0.29) is 6.09 Å². The standard InChI is InChI=1S/C18H27ClN2O2/c1-18(2,3)23-17(22)20-9-4-5-10-21-11-8-14-6-7-16(19)12-15(14)13-21/h6-7,12H,4-5,8-11,13H2,1-3H3,(H,20,22). The Balaban J connectivity index is 1.63. The summed E-state index contributed by atoms with van der Waals surface area (Å²) in [5.41, 5.74) is 2.32. The van der Waals surface area contributed by atoms with E-state index in [4.69, 9.17) is 16.3 Å². The van der Waals surface area contributed by atoms with Crippen LogP contribution < -0.4 is 5.32 Å². The van der Waals surface area contributed by atoms with Gasteiger partial charge < -0.3 is 10.1 Å². The first-order valence-corrected chi connectivity index (χ1v) is 8.68. The second kappa shape index (κ2) is 8.02. The molecule has 1 aromatic rings. The van der Waals surface area contributed by atoms with E-state index in [1.807, 2.05) is 26.8 Å². The molecule has 0 saturated carbocycles. The Morgan fingerprint density at radius 3 is 2.83 bits per heavy atom. The largest absolute Gasteiger partial charge is 0.444 e. The molecule has 128 valence electrons. The minimum atomic E-state index is -0.438. The highest BCUT2D eigenvalue weighted by Gasteiger charge is 2.17. The third-order valence-electron chi connectivity index (χ3n) is 3.83. The van der Waals surface area contributed by atoms with Crippen LogP contribution >= 0.6 is 11.6 Å². The summed E-state index contributed by atoms with van der Waals surface area (Å²) < 4.78 is 5.21. The molecule has 0 atom stereocenters. The zero-order chi connectivity index (χ0) is 16.9. The predicted molar refractivity (Wildman–Crippen MR) is 93.9 cm³/mol. The number of nitrogens with one attached hydrogen (secondary N) is 1. The first-order chi connectivity index (χ1) is 10.8. The Morgan fingerprint density at radius 1 is 1.30 bits per heavy atom. The number of fused-ring (bicyclic) bond motifs is 1. The molecule has 0 fully saturated rings. The molecule has 1 heterocycles. The summed E-state index contributed by atoms with van der Waals surface area (Å²) in [5, 5.41) is 3.62. The molecule has 1 aromatic carbocycles. The van der Waals surface area contributed by atoms with Gasteiger partial charge in [-0.25, -0.2) is 4.79 Å². The van der Waals surface area contributed by atoms with E-state index in [0.717, 1.165) is 43.9 Å². The smallest absolute Gasteiger partial charge is 0.407 e. The van der Waals surface area contributed by atoms with E-state index in [1.165, 1.54) is 11.1 Å². The molecule has 0 aromatic heterocycles. The number of benzene rings is 1. The molecule has 0 unspecified atom stereocenters. The molecule has 1 N–H and O–H groups in total. The summed E-state index contributed by atoms with van der Waals surface area (Å²) in [4.78, 5) is 14.0. The van der Waals surface area contributed by atoms with Gasteiger partial charge in [0.1, 0.15) is 5.60 Å². The van der Waals surface area contributed by atoms with Crippen LogP contribution in [-0.2, 0) is 17.7 Å². The average molecular weight is 339 g/mol. The summed E-state index contributed by atoms with van der Waals surface area (Å²) in [6.07, 6.45) is 2.77. The molecule has 1 aliphatic rings. The lowest BCUT2D eigenvalue weighted by Gasteiger charge is -2.28. The summed E-state index contributed by atoms with van der Waals surface area (Å²) in [6, 6.07) is 6.19. The summed E-state index contributed by atoms with van der Waals surface area (Å²) in [7, 11) is 0. The van der Waals surface area contributed by atoms with Crippen molar-refractivity contribution < 1.29 is 9.53 Å². The fourth-order valence-corrected chi connectivity index (χ4v) is 2.93. The predicted octanol–water partition coefficient (Wildman–Crippen LogP) is 4.00. The molecule has 1 aliphatic heterocycles. The van der Waals surface area contributed by atoms with E-state index in [1.54, 1.807) is 0 Å². The number of ether oxygens (including phenoxy) is 1. The summed E-state index contributed by atoms with van der Waals surface area (Å²) in [5.74, 6) is 0. The Morgan fingerprint density at radius 2 is 2.09 bits per heavy atom. The van der Waals surface area contributed by atoms with Crippen LogP contribution in [0.2, 0.25) is 5.02 Å². The van der Waals surface area contributed by atoms with E-state index in [9.17, 15) is 4.79 Å². The van der Waals surface area contributed by atoms with Gasteiger partial charge >= 0.3 is 6.09 Å². The quantitative estimate of drug-likeness (QED) is 0.825. The van der Waals surface area contributed by atoms with E-state index < -0.39 is 5.60 Å². The van der Waals surface area contributed by atoms with Gasteiger partial charge in [-0.2, -0.15) is 0 Å². The number of carbonyl (C=O) groups excluding carboxylic acids is 1. The van der Waals surface area contributed by atoms with E-state index in [2.05, 4.69) is 22.3 Å². The van der Waals surface area contributed by atoms with Crippen LogP contribution in [0.1, 0.15) is 44.7 Å². The van der Waals surface area contributed by atoms with E-state index in [0.29, 0.717) is 6.54 Å². The second-order valence-electron chi connectivity index (χ2n) is 7.07. The number of amides is 1. The topological polar surface area (TPSA) is 41.6 Å². The monoisotopic (exact) mass is 338 g/mol. The van der Waals surface area contributed by atoms with E-state index >= 15 is 0 Å². The van der Waals surface area contributed by atoms with Crippen molar-refractivity contribution in [3.63, 3.8) is 0 Å².